The standard InChI is InChI=1S/C9H5Cl3O2/c10-6-4-2-1-3-5(6)7-9(11,12)8(13)14-7/h1-4,7H. The Hall–Kier alpha value is -0.440. The Bertz CT molecular complexity index is 389. The van der Waals surface area contributed by atoms with Crippen molar-refractivity contribution < 1.29 is 9.53 Å². The van der Waals surface area contributed by atoms with Crippen molar-refractivity contribution >= 4 is 40.8 Å². The summed E-state index contributed by atoms with van der Waals surface area (Å²) >= 11 is 17.4. The van der Waals surface area contributed by atoms with Gasteiger partial charge in [-0.3, -0.25) is 0 Å². The van der Waals surface area contributed by atoms with Crippen LogP contribution in [0.1, 0.15) is 11.7 Å². The molecular formula is C9H5Cl3O2. The number of halogens is 3. The van der Waals surface area contributed by atoms with Crippen LogP contribution in [0.5, 0.6) is 0 Å². The molecule has 1 fully saturated rings. The number of ether oxygens (including phenoxy) is 1. The van der Waals surface area contributed by atoms with Crippen molar-refractivity contribution in [1.82, 2.24) is 0 Å². The lowest BCUT2D eigenvalue weighted by atomic mass is 10.0. The summed E-state index contributed by atoms with van der Waals surface area (Å²) in [5.41, 5.74) is 0.624. The number of benzene rings is 1. The van der Waals surface area contributed by atoms with Gasteiger partial charge in [-0.15, -0.1) is 0 Å². The Kier molecular flexibility index (Phi) is 2.38. The molecule has 0 amide bonds. The predicted octanol–water partition coefficient (Wildman–Crippen LogP) is 3.11. The zero-order valence-corrected chi connectivity index (χ0v) is 9.10. The number of cyclic esters (lactones) is 1. The number of hydrogen-bond donors (Lipinski definition) is 0. The maximum atomic E-state index is 10.9. The van der Waals surface area contributed by atoms with Gasteiger partial charge in [-0.25, -0.2) is 4.79 Å². The molecular weight excluding hydrogens is 246 g/mol. The van der Waals surface area contributed by atoms with Gasteiger partial charge >= 0.3 is 5.97 Å². The van der Waals surface area contributed by atoms with E-state index in [-0.39, 0.29) is 0 Å². The number of carbonyl (C=O) groups is 1. The molecule has 0 spiro atoms. The van der Waals surface area contributed by atoms with Crippen LogP contribution in [0.3, 0.4) is 0 Å². The summed E-state index contributed by atoms with van der Waals surface area (Å²) < 4.78 is 3.33. The van der Waals surface area contributed by atoms with Crippen LogP contribution in [0.15, 0.2) is 24.3 Å². The van der Waals surface area contributed by atoms with E-state index in [1.807, 2.05) is 0 Å². The SMILES string of the molecule is O=C1OC(c2ccccc2Cl)C1(Cl)Cl. The minimum atomic E-state index is -1.51. The van der Waals surface area contributed by atoms with Crippen molar-refractivity contribution in [3.05, 3.63) is 34.9 Å². The molecule has 1 aromatic rings. The number of esters is 1. The van der Waals surface area contributed by atoms with Crippen LogP contribution in [0.2, 0.25) is 5.02 Å². The van der Waals surface area contributed by atoms with Gasteiger partial charge in [-0.1, -0.05) is 53.0 Å². The second-order valence-electron chi connectivity index (χ2n) is 2.93. The molecule has 0 saturated carbocycles. The van der Waals surface area contributed by atoms with E-state index in [1.54, 1.807) is 24.3 Å². The molecule has 1 saturated heterocycles. The third-order valence-corrected chi connectivity index (χ3v) is 3.06. The number of rotatable bonds is 1. The molecule has 1 unspecified atom stereocenters. The van der Waals surface area contributed by atoms with E-state index in [1.165, 1.54) is 0 Å². The summed E-state index contributed by atoms with van der Waals surface area (Å²) in [4.78, 5) is 10.9. The monoisotopic (exact) mass is 250 g/mol. The highest BCUT2D eigenvalue weighted by Crippen LogP contribution is 2.49. The highest BCUT2D eigenvalue weighted by molar-refractivity contribution is 6.59. The van der Waals surface area contributed by atoms with Crippen LogP contribution in [0.4, 0.5) is 0 Å². The van der Waals surface area contributed by atoms with E-state index in [0.29, 0.717) is 10.6 Å². The Labute approximate surface area is 95.7 Å². The summed E-state index contributed by atoms with van der Waals surface area (Å²) in [5, 5.41) is 0.482. The van der Waals surface area contributed by atoms with Gasteiger partial charge in [0.05, 0.1) is 0 Å². The van der Waals surface area contributed by atoms with E-state index in [0.717, 1.165) is 0 Å². The first-order chi connectivity index (χ1) is 6.53. The van der Waals surface area contributed by atoms with Crippen LogP contribution in [-0.4, -0.2) is 10.3 Å². The summed E-state index contributed by atoms with van der Waals surface area (Å²) in [5.74, 6) is -0.634. The van der Waals surface area contributed by atoms with Crippen molar-refractivity contribution in [2.45, 2.75) is 10.4 Å². The van der Waals surface area contributed by atoms with Gasteiger partial charge in [0, 0.05) is 10.6 Å². The molecule has 14 heavy (non-hydrogen) atoms. The Morgan fingerprint density at radius 1 is 1.29 bits per heavy atom. The lowest BCUT2D eigenvalue weighted by Gasteiger charge is -2.37. The number of hydrogen-bond acceptors (Lipinski definition) is 2. The van der Waals surface area contributed by atoms with Gasteiger partial charge in [0.2, 0.25) is 0 Å². The summed E-state index contributed by atoms with van der Waals surface area (Å²) in [6.07, 6.45) is -0.674. The molecule has 1 aliphatic rings. The van der Waals surface area contributed by atoms with E-state index in [9.17, 15) is 4.79 Å². The van der Waals surface area contributed by atoms with E-state index >= 15 is 0 Å². The Morgan fingerprint density at radius 2 is 1.93 bits per heavy atom. The molecule has 0 bridgehead atoms. The topological polar surface area (TPSA) is 26.3 Å². The highest BCUT2D eigenvalue weighted by Gasteiger charge is 2.57. The van der Waals surface area contributed by atoms with Crippen molar-refractivity contribution in [2.24, 2.45) is 0 Å². The zero-order chi connectivity index (χ0) is 10.3. The molecule has 5 heteroatoms. The smallest absolute Gasteiger partial charge is 0.347 e. The lowest BCUT2D eigenvalue weighted by Crippen LogP contribution is -2.48. The molecule has 74 valence electrons. The molecule has 2 rings (SSSR count). The Morgan fingerprint density at radius 3 is 2.43 bits per heavy atom. The molecule has 0 aromatic heterocycles. The number of alkyl halides is 2. The third-order valence-electron chi connectivity index (χ3n) is 2.01. The molecule has 1 aliphatic heterocycles. The minimum absolute atomic E-state index is 0.482. The van der Waals surface area contributed by atoms with E-state index in [4.69, 9.17) is 39.5 Å². The van der Waals surface area contributed by atoms with Gasteiger partial charge < -0.3 is 4.74 Å². The van der Waals surface area contributed by atoms with Crippen molar-refractivity contribution in [3.8, 4) is 0 Å². The van der Waals surface area contributed by atoms with Crippen molar-refractivity contribution in [1.29, 1.82) is 0 Å². The van der Waals surface area contributed by atoms with Crippen LogP contribution in [-0.2, 0) is 9.53 Å². The summed E-state index contributed by atoms with van der Waals surface area (Å²) in [6.45, 7) is 0. The van der Waals surface area contributed by atoms with Crippen LogP contribution in [0.25, 0.3) is 0 Å². The van der Waals surface area contributed by atoms with E-state index in [2.05, 4.69) is 0 Å². The first-order valence-electron chi connectivity index (χ1n) is 3.87. The normalized spacial score (nSPS) is 23.9. The third kappa shape index (κ3) is 1.38. The quantitative estimate of drug-likeness (QED) is 0.566. The van der Waals surface area contributed by atoms with Gasteiger partial charge in [0.15, 0.2) is 6.10 Å². The molecule has 0 aliphatic carbocycles. The second kappa shape index (κ2) is 3.30. The van der Waals surface area contributed by atoms with Crippen molar-refractivity contribution in [3.63, 3.8) is 0 Å². The Balaban J connectivity index is 2.35. The van der Waals surface area contributed by atoms with Gasteiger partial charge in [-0.2, -0.15) is 0 Å². The first-order valence-corrected chi connectivity index (χ1v) is 5.00. The largest absolute Gasteiger partial charge is 0.451 e. The first kappa shape index (κ1) is 10.1. The molecule has 1 aromatic carbocycles. The van der Waals surface area contributed by atoms with Gasteiger partial charge in [0.25, 0.3) is 4.33 Å². The molecule has 2 nitrogen and oxygen atoms in total. The van der Waals surface area contributed by atoms with Crippen molar-refractivity contribution in [2.75, 3.05) is 0 Å². The van der Waals surface area contributed by atoms with E-state index < -0.39 is 16.4 Å². The average molecular weight is 251 g/mol. The van der Waals surface area contributed by atoms with Gasteiger partial charge in [0.1, 0.15) is 0 Å². The molecule has 1 atom stereocenters. The van der Waals surface area contributed by atoms with Gasteiger partial charge in [-0.05, 0) is 6.07 Å². The van der Waals surface area contributed by atoms with Crippen LogP contribution in [0, 0.1) is 0 Å². The zero-order valence-electron chi connectivity index (χ0n) is 6.84. The van der Waals surface area contributed by atoms with Crippen LogP contribution >= 0.6 is 34.8 Å². The molecule has 0 N–H and O–H groups in total. The molecule has 0 radical (unpaired) electrons. The summed E-state index contributed by atoms with van der Waals surface area (Å²) in [6, 6.07) is 6.96. The highest BCUT2D eigenvalue weighted by atomic mass is 35.5. The lowest BCUT2D eigenvalue weighted by molar-refractivity contribution is -0.172. The minimum Gasteiger partial charge on any atom is -0.451 e. The summed E-state index contributed by atoms with van der Waals surface area (Å²) in [7, 11) is 0. The predicted molar refractivity (Wildman–Crippen MR) is 54.7 cm³/mol. The maximum Gasteiger partial charge on any atom is 0.347 e. The second-order valence-corrected chi connectivity index (χ2v) is 4.72. The average Bonchev–Trinajstić information content (AvgIpc) is 2.16. The fourth-order valence-corrected chi connectivity index (χ4v) is 1.90. The fraction of sp³-hybridized carbons (Fsp3) is 0.222. The molecule has 1 heterocycles. The number of carbonyl (C=O) groups excluding carboxylic acids is 1. The van der Waals surface area contributed by atoms with Crippen LogP contribution < -0.4 is 0 Å². The fourth-order valence-electron chi connectivity index (χ4n) is 1.26. The maximum absolute atomic E-state index is 10.9.